The van der Waals surface area contributed by atoms with Crippen LogP contribution in [0.25, 0.3) is 5.95 Å². The zero-order valence-corrected chi connectivity index (χ0v) is 17.7. The molecule has 2 amide bonds. The predicted octanol–water partition coefficient (Wildman–Crippen LogP) is 2.13. The Bertz CT molecular complexity index is 1190. The van der Waals surface area contributed by atoms with Gasteiger partial charge in [0.1, 0.15) is 5.82 Å². The van der Waals surface area contributed by atoms with Gasteiger partial charge in [0.25, 0.3) is 5.56 Å². The molecule has 1 aliphatic heterocycles. The maximum atomic E-state index is 13.0. The van der Waals surface area contributed by atoms with Gasteiger partial charge in [-0.3, -0.25) is 19.4 Å². The molecule has 9 heteroatoms. The Morgan fingerprint density at radius 2 is 1.94 bits per heavy atom. The summed E-state index contributed by atoms with van der Waals surface area (Å²) in [6, 6.07) is 10.8. The number of H-pyrrole nitrogens is 1. The van der Waals surface area contributed by atoms with Crippen molar-refractivity contribution in [1.82, 2.24) is 19.7 Å². The van der Waals surface area contributed by atoms with E-state index in [2.05, 4.69) is 20.4 Å². The van der Waals surface area contributed by atoms with Crippen molar-refractivity contribution in [2.75, 3.05) is 16.8 Å². The van der Waals surface area contributed by atoms with Crippen LogP contribution in [0.4, 0.5) is 11.5 Å². The number of hydrogen-bond acceptors (Lipinski definition) is 5. The van der Waals surface area contributed by atoms with Crippen LogP contribution in [-0.2, 0) is 16.0 Å². The molecule has 1 aliphatic rings. The fourth-order valence-corrected chi connectivity index (χ4v) is 3.61. The summed E-state index contributed by atoms with van der Waals surface area (Å²) in [4.78, 5) is 46.1. The number of nitrogens with zero attached hydrogens (tertiary/aromatic N) is 4. The van der Waals surface area contributed by atoms with Crippen molar-refractivity contribution in [2.24, 2.45) is 5.92 Å². The molecule has 2 N–H and O–H groups in total. The molecule has 0 radical (unpaired) electrons. The van der Waals surface area contributed by atoms with E-state index in [1.807, 2.05) is 38.1 Å². The minimum absolute atomic E-state index is 0.0877. The molecule has 0 aliphatic carbocycles. The van der Waals surface area contributed by atoms with E-state index >= 15 is 0 Å². The third-order valence-corrected chi connectivity index (χ3v) is 5.27. The first kappa shape index (κ1) is 20.5. The monoisotopic (exact) mass is 420 g/mol. The van der Waals surface area contributed by atoms with Gasteiger partial charge in [-0.1, -0.05) is 24.6 Å². The van der Waals surface area contributed by atoms with Crippen molar-refractivity contribution in [3.63, 3.8) is 0 Å². The van der Waals surface area contributed by atoms with Crippen LogP contribution >= 0.6 is 0 Å². The number of benzene rings is 1. The maximum absolute atomic E-state index is 13.0. The first-order valence-corrected chi connectivity index (χ1v) is 10.2. The van der Waals surface area contributed by atoms with Crippen LogP contribution < -0.4 is 15.8 Å². The fraction of sp³-hybridized carbons (Fsp3) is 0.318. The summed E-state index contributed by atoms with van der Waals surface area (Å²) >= 11 is 0. The Hall–Kier alpha value is -3.75. The largest absolute Gasteiger partial charge is 0.312 e. The molecule has 0 unspecified atom stereocenters. The Balaban J connectivity index is 1.55. The van der Waals surface area contributed by atoms with Crippen molar-refractivity contribution in [3.8, 4) is 5.95 Å². The van der Waals surface area contributed by atoms with Gasteiger partial charge in [0.15, 0.2) is 0 Å². The Morgan fingerprint density at radius 1 is 1.19 bits per heavy atom. The number of anilines is 2. The molecule has 1 atom stereocenters. The molecular weight excluding hydrogens is 396 g/mol. The molecule has 2 aromatic heterocycles. The number of amides is 2. The zero-order chi connectivity index (χ0) is 22.1. The lowest BCUT2D eigenvalue weighted by Gasteiger charge is -2.17. The second-order valence-electron chi connectivity index (χ2n) is 7.73. The van der Waals surface area contributed by atoms with Gasteiger partial charge in [-0.05, 0) is 32.4 Å². The summed E-state index contributed by atoms with van der Waals surface area (Å²) in [6.45, 7) is 5.97. The third-order valence-electron chi connectivity index (χ3n) is 5.27. The van der Waals surface area contributed by atoms with Gasteiger partial charge in [-0.25, -0.2) is 4.98 Å². The minimum atomic E-state index is -0.494. The molecule has 3 heterocycles. The summed E-state index contributed by atoms with van der Waals surface area (Å²) in [5, 5.41) is 7.21. The van der Waals surface area contributed by atoms with Crippen LogP contribution in [0.5, 0.6) is 0 Å². The first-order chi connectivity index (χ1) is 14.8. The van der Waals surface area contributed by atoms with E-state index in [1.165, 1.54) is 10.7 Å². The maximum Gasteiger partial charge on any atom is 0.252 e. The van der Waals surface area contributed by atoms with Crippen LogP contribution in [0.2, 0.25) is 0 Å². The minimum Gasteiger partial charge on any atom is -0.312 e. The Morgan fingerprint density at radius 3 is 2.65 bits per heavy atom. The highest BCUT2D eigenvalue weighted by molar-refractivity contribution is 6.03. The first-order valence-electron chi connectivity index (χ1n) is 10.2. The van der Waals surface area contributed by atoms with Gasteiger partial charge in [-0.15, -0.1) is 0 Å². The molecule has 1 fully saturated rings. The molecule has 160 valence electrons. The predicted molar refractivity (Wildman–Crippen MR) is 116 cm³/mol. The van der Waals surface area contributed by atoms with Crippen molar-refractivity contribution >= 4 is 23.3 Å². The molecule has 4 rings (SSSR count). The summed E-state index contributed by atoms with van der Waals surface area (Å²) < 4.78 is 1.41. The quantitative estimate of drug-likeness (QED) is 0.657. The molecule has 9 nitrogen and oxygen atoms in total. The van der Waals surface area contributed by atoms with Crippen molar-refractivity contribution < 1.29 is 9.59 Å². The van der Waals surface area contributed by atoms with Gasteiger partial charge in [0.2, 0.25) is 17.8 Å². The van der Waals surface area contributed by atoms with Gasteiger partial charge < -0.3 is 10.2 Å². The topological polar surface area (TPSA) is 113 Å². The average Bonchev–Trinajstić information content (AvgIpc) is 3.30. The molecular formula is C22H24N6O3. The summed E-state index contributed by atoms with van der Waals surface area (Å²) in [7, 11) is 0. The van der Waals surface area contributed by atoms with Crippen LogP contribution in [0, 0.1) is 19.8 Å². The van der Waals surface area contributed by atoms with E-state index in [0.717, 1.165) is 11.3 Å². The molecule has 0 saturated carbocycles. The highest BCUT2D eigenvalue weighted by Gasteiger charge is 2.35. The van der Waals surface area contributed by atoms with Crippen LogP contribution in [0.3, 0.4) is 0 Å². The second kappa shape index (κ2) is 8.17. The average molecular weight is 420 g/mol. The number of carbonyl (C=O) groups is 2. The molecule has 0 spiro atoms. The molecule has 3 aromatic rings. The van der Waals surface area contributed by atoms with Crippen LogP contribution in [0.1, 0.15) is 30.3 Å². The van der Waals surface area contributed by atoms with E-state index in [-0.39, 0.29) is 29.7 Å². The third kappa shape index (κ3) is 4.25. The van der Waals surface area contributed by atoms with Gasteiger partial charge in [0, 0.05) is 36.5 Å². The number of rotatable bonds is 5. The number of aryl methyl sites for hydroxylation is 3. The lowest BCUT2D eigenvalue weighted by molar-refractivity contribution is -0.122. The van der Waals surface area contributed by atoms with Crippen LogP contribution in [-0.4, -0.2) is 38.1 Å². The standard InChI is InChI=1S/C22H24N6O3/c1-4-16-11-19(29)25-22(23-16)28-18(9-14(3)26-28)24-21(31)15-10-20(30)27(12-15)17-7-5-13(2)6-8-17/h5-9,11,15H,4,10,12H2,1-3H3,(H,24,31)(H,23,25,29)/t15-/m1/s1. The summed E-state index contributed by atoms with van der Waals surface area (Å²) in [5.74, 6) is -0.239. The van der Waals surface area contributed by atoms with E-state index in [9.17, 15) is 14.4 Å². The number of hydrogen-bond donors (Lipinski definition) is 2. The number of aromatic amines is 1. The van der Waals surface area contributed by atoms with E-state index < -0.39 is 5.92 Å². The fourth-order valence-electron chi connectivity index (χ4n) is 3.61. The Labute approximate surface area is 179 Å². The van der Waals surface area contributed by atoms with E-state index in [1.54, 1.807) is 17.9 Å². The van der Waals surface area contributed by atoms with Gasteiger partial charge >= 0.3 is 0 Å². The molecule has 1 aromatic carbocycles. The number of nitrogens with one attached hydrogen (secondary N) is 2. The lowest BCUT2D eigenvalue weighted by atomic mass is 10.1. The van der Waals surface area contributed by atoms with Crippen molar-refractivity contribution in [2.45, 2.75) is 33.6 Å². The number of carbonyl (C=O) groups excluding carboxylic acids is 2. The highest BCUT2D eigenvalue weighted by Crippen LogP contribution is 2.26. The molecule has 0 bridgehead atoms. The summed E-state index contributed by atoms with van der Waals surface area (Å²) in [5.41, 5.74) is 2.88. The van der Waals surface area contributed by atoms with Crippen molar-refractivity contribution in [3.05, 3.63) is 63.7 Å². The SMILES string of the molecule is CCc1cc(=O)[nH]c(-n2nc(C)cc2NC(=O)[C@@H]2CC(=O)N(c3ccc(C)cc3)C2)n1. The smallest absolute Gasteiger partial charge is 0.252 e. The van der Waals surface area contributed by atoms with Crippen molar-refractivity contribution in [1.29, 1.82) is 0 Å². The Kier molecular flexibility index (Phi) is 5.41. The normalized spacial score (nSPS) is 16.0. The van der Waals surface area contributed by atoms with Gasteiger partial charge in [-0.2, -0.15) is 9.78 Å². The van der Waals surface area contributed by atoms with E-state index in [0.29, 0.717) is 30.2 Å². The highest BCUT2D eigenvalue weighted by atomic mass is 16.2. The lowest BCUT2D eigenvalue weighted by Crippen LogP contribution is -2.29. The summed E-state index contributed by atoms with van der Waals surface area (Å²) in [6.07, 6.45) is 0.727. The zero-order valence-electron chi connectivity index (χ0n) is 17.7. The van der Waals surface area contributed by atoms with Crippen LogP contribution in [0.15, 0.2) is 41.2 Å². The molecule has 1 saturated heterocycles. The van der Waals surface area contributed by atoms with E-state index in [4.69, 9.17) is 0 Å². The van der Waals surface area contributed by atoms with Gasteiger partial charge in [0.05, 0.1) is 11.6 Å². The molecule has 31 heavy (non-hydrogen) atoms. The second-order valence-corrected chi connectivity index (χ2v) is 7.73. The number of aromatic nitrogens is 4.